The van der Waals surface area contributed by atoms with Crippen LogP contribution in [0, 0.1) is 0 Å². The second kappa shape index (κ2) is 11.7. The van der Waals surface area contributed by atoms with Gasteiger partial charge in [-0.2, -0.15) is 0 Å². The van der Waals surface area contributed by atoms with E-state index in [0.717, 1.165) is 37.3 Å². The average Bonchev–Trinajstić information content (AvgIpc) is 3.45. The van der Waals surface area contributed by atoms with Gasteiger partial charge in [0, 0.05) is 32.5 Å². The predicted molar refractivity (Wildman–Crippen MR) is 119 cm³/mol. The van der Waals surface area contributed by atoms with Crippen LogP contribution in [-0.2, 0) is 32.0 Å². The Bertz CT molecular complexity index is 988. The molecule has 12 heteroatoms. The SMILES string of the molecule is CCCN1CCc2ncoc2C(NC)C1=O.CNC1C(=O)N(CC(=O)OC)CCc2ncoc21. The van der Waals surface area contributed by atoms with E-state index in [1.54, 1.807) is 14.1 Å². The molecular weight excluding hydrogens is 444 g/mol. The van der Waals surface area contributed by atoms with Crippen LogP contribution in [0.4, 0.5) is 0 Å². The summed E-state index contributed by atoms with van der Waals surface area (Å²) in [6.07, 6.45) is 5.05. The Morgan fingerprint density at radius 3 is 1.97 bits per heavy atom. The number of ether oxygens (including phenoxy) is 1. The van der Waals surface area contributed by atoms with Gasteiger partial charge in [-0.25, -0.2) is 9.97 Å². The van der Waals surface area contributed by atoms with Crippen molar-refractivity contribution in [3.8, 4) is 0 Å². The molecule has 0 saturated carbocycles. The zero-order chi connectivity index (χ0) is 24.7. The summed E-state index contributed by atoms with van der Waals surface area (Å²) in [5.41, 5.74) is 1.64. The maximum absolute atomic E-state index is 12.3. The third-order valence-electron chi connectivity index (χ3n) is 5.84. The molecule has 12 nitrogen and oxygen atoms in total. The molecule has 0 saturated heterocycles. The van der Waals surface area contributed by atoms with E-state index in [2.05, 4.69) is 32.3 Å². The number of carbonyl (C=O) groups is 3. The van der Waals surface area contributed by atoms with E-state index in [1.807, 2.05) is 4.90 Å². The van der Waals surface area contributed by atoms with E-state index in [1.165, 1.54) is 24.8 Å². The van der Waals surface area contributed by atoms with Gasteiger partial charge in [0.25, 0.3) is 0 Å². The topological polar surface area (TPSA) is 143 Å². The highest BCUT2D eigenvalue weighted by Crippen LogP contribution is 2.24. The molecular formula is C22H32N6O6. The molecule has 186 valence electrons. The van der Waals surface area contributed by atoms with Crippen LogP contribution in [0.2, 0.25) is 0 Å². The smallest absolute Gasteiger partial charge is 0.325 e. The summed E-state index contributed by atoms with van der Waals surface area (Å²) in [6.45, 7) is 3.96. The van der Waals surface area contributed by atoms with Gasteiger partial charge in [0.1, 0.15) is 18.6 Å². The third kappa shape index (κ3) is 5.45. The van der Waals surface area contributed by atoms with Crippen LogP contribution in [0.5, 0.6) is 0 Å². The van der Waals surface area contributed by atoms with Crippen molar-refractivity contribution in [2.75, 3.05) is 47.4 Å². The second-order valence-electron chi connectivity index (χ2n) is 7.93. The fourth-order valence-corrected chi connectivity index (χ4v) is 4.07. The molecule has 0 fully saturated rings. The predicted octanol–water partition coefficient (Wildman–Crippen LogP) is 0.223. The van der Waals surface area contributed by atoms with Gasteiger partial charge in [0.05, 0.1) is 18.5 Å². The van der Waals surface area contributed by atoms with Gasteiger partial charge in [0.2, 0.25) is 11.8 Å². The Hall–Kier alpha value is -3.25. The highest BCUT2D eigenvalue weighted by Gasteiger charge is 2.34. The van der Waals surface area contributed by atoms with Crippen molar-refractivity contribution < 1.29 is 28.0 Å². The van der Waals surface area contributed by atoms with Crippen LogP contribution in [0.15, 0.2) is 21.6 Å². The molecule has 2 unspecified atom stereocenters. The van der Waals surface area contributed by atoms with Gasteiger partial charge in [-0.05, 0) is 20.5 Å². The first kappa shape index (κ1) is 25.4. The number of likely N-dealkylation sites (N-methyl/N-ethyl adjacent to an activating group) is 2. The molecule has 0 bridgehead atoms. The van der Waals surface area contributed by atoms with Gasteiger partial charge < -0.3 is 34.0 Å². The number of carbonyl (C=O) groups excluding carboxylic acids is 3. The highest BCUT2D eigenvalue weighted by molar-refractivity contribution is 5.87. The van der Waals surface area contributed by atoms with Gasteiger partial charge in [-0.3, -0.25) is 14.4 Å². The van der Waals surface area contributed by atoms with E-state index < -0.39 is 12.0 Å². The van der Waals surface area contributed by atoms with Crippen LogP contribution in [0.25, 0.3) is 0 Å². The molecule has 2 atom stereocenters. The number of hydrogen-bond acceptors (Lipinski definition) is 10. The number of amides is 2. The number of nitrogens with one attached hydrogen (secondary N) is 2. The molecule has 0 aliphatic carbocycles. The van der Waals surface area contributed by atoms with E-state index >= 15 is 0 Å². The lowest BCUT2D eigenvalue weighted by atomic mass is 10.1. The first-order chi connectivity index (χ1) is 16.4. The zero-order valence-corrected chi connectivity index (χ0v) is 20.0. The molecule has 2 N–H and O–H groups in total. The molecule has 0 aromatic carbocycles. The number of esters is 1. The number of rotatable bonds is 6. The molecule has 2 aliphatic rings. The standard InChI is InChI=1S/C11H15N3O4.C11H17N3O2/c1-12-9-10-7(13-6-18-10)3-4-14(11(9)16)5-8(15)17-2;1-3-5-14-6-4-8-10(16-7-13-8)9(12-2)11(14)15/h6,9,12H,3-5H2,1-2H3;7,9,12H,3-6H2,1-2H3. The fourth-order valence-electron chi connectivity index (χ4n) is 4.07. The molecule has 2 aromatic heterocycles. The van der Waals surface area contributed by atoms with Crippen LogP contribution in [0.3, 0.4) is 0 Å². The van der Waals surface area contributed by atoms with E-state index in [0.29, 0.717) is 24.5 Å². The summed E-state index contributed by atoms with van der Waals surface area (Å²) in [4.78, 5) is 47.3. The van der Waals surface area contributed by atoms with E-state index in [9.17, 15) is 14.4 Å². The molecule has 4 heterocycles. The van der Waals surface area contributed by atoms with Crippen LogP contribution in [-0.4, -0.2) is 84.9 Å². The number of aromatic nitrogens is 2. The Labute approximate surface area is 198 Å². The summed E-state index contributed by atoms with van der Waals surface area (Å²) in [5, 5.41) is 5.88. The molecule has 2 amide bonds. The number of methoxy groups -OCH3 is 1. The minimum absolute atomic E-state index is 0.0578. The van der Waals surface area contributed by atoms with Gasteiger partial charge >= 0.3 is 5.97 Å². The first-order valence-electron chi connectivity index (χ1n) is 11.3. The lowest BCUT2D eigenvalue weighted by Crippen LogP contribution is -2.42. The number of hydrogen-bond donors (Lipinski definition) is 2. The number of oxazole rings is 2. The maximum atomic E-state index is 12.3. The van der Waals surface area contributed by atoms with Crippen LogP contribution >= 0.6 is 0 Å². The van der Waals surface area contributed by atoms with Crippen LogP contribution < -0.4 is 10.6 Å². The van der Waals surface area contributed by atoms with Crippen molar-refractivity contribution in [3.63, 3.8) is 0 Å². The molecule has 0 spiro atoms. The zero-order valence-electron chi connectivity index (χ0n) is 20.0. The molecule has 0 radical (unpaired) electrons. The fraction of sp³-hybridized carbons (Fsp3) is 0.591. The van der Waals surface area contributed by atoms with E-state index in [-0.39, 0.29) is 24.4 Å². The Morgan fingerprint density at radius 2 is 1.50 bits per heavy atom. The van der Waals surface area contributed by atoms with Crippen molar-refractivity contribution in [1.82, 2.24) is 30.4 Å². The van der Waals surface area contributed by atoms with Gasteiger partial charge in [0.15, 0.2) is 24.3 Å². The summed E-state index contributed by atoms with van der Waals surface area (Å²) >= 11 is 0. The summed E-state index contributed by atoms with van der Waals surface area (Å²) < 4.78 is 15.1. The molecule has 4 rings (SSSR count). The lowest BCUT2D eigenvalue weighted by molar-refractivity contribution is -0.147. The maximum Gasteiger partial charge on any atom is 0.325 e. The monoisotopic (exact) mass is 476 g/mol. The van der Waals surface area contributed by atoms with Crippen molar-refractivity contribution in [2.45, 2.75) is 38.3 Å². The Morgan fingerprint density at radius 1 is 1.00 bits per heavy atom. The lowest BCUT2D eigenvalue weighted by Gasteiger charge is -2.23. The largest absolute Gasteiger partial charge is 0.468 e. The summed E-state index contributed by atoms with van der Waals surface area (Å²) in [7, 11) is 4.73. The minimum Gasteiger partial charge on any atom is -0.468 e. The Kier molecular flexibility index (Phi) is 8.77. The minimum atomic E-state index is -0.602. The highest BCUT2D eigenvalue weighted by atomic mass is 16.5. The van der Waals surface area contributed by atoms with Crippen molar-refractivity contribution in [2.24, 2.45) is 0 Å². The van der Waals surface area contributed by atoms with Gasteiger partial charge in [-0.1, -0.05) is 6.92 Å². The average molecular weight is 477 g/mol. The molecule has 34 heavy (non-hydrogen) atoms. The van der Waals surface area contributed by atoms with Crippen molar-refractivity contribution >= 4 is 17.8 Å². The summed E-state index contributed by atoms with van der Waals surface area (Å²) in [6, 6.07) is -0.985. The van der Waals surface area contributed by atoms with Crippen LogP contribution in [0.1, 0.15) is 48.3 Å². The molecule has 2 aliphatic heterocycles. The quantitative estimate of drug-likeness (QED) is 0.556. The Balaban J connectivity index is 0.000000192. The van der Waals surface area contributed by atoms with Crippen molar-refractivity contribution in [1.29, 1.82) is 0 Å². The van der Waals surface area contributed by atoms with Crippen molar-refractivity contribution in [3.05, 3.63) is 35.7 Å². The summed E-state index contributed by atoms with van der Waals surface area (Å²) in [5.74, 6) is 0.629. The first-order valence-corrected chi connectivity index (χ1v) is 11.3. The van der Waals surface area contributed by atoms with E-state index in [4.69, 9.17) is 8.83 Å². The third-order valence-corrected chi connectivity index (χ3v) is 5.84. The van der Waals surface area contributed by atoms with Gasteiger partial charge in [-0.15, -0.1) is 0 Å². The molecule has 2 aromatic rings. The second-order valence-corrected chi connectivity index (χ2v) is 7.93. The number of nitrogens with zero attached hydrogens (tertiary/aromatic N) is 4. The normalized spacial score (nSPS) is 20.0. The number of fused-ring (bicyclic) bond motifs is 2.